The van der Waals surface area contributed by atoms with Gasteiger partial charge in [-0.1, -0.05) is 0 Å². The van der Waals surface area contributed by atoms with E-state index in [1.165, 1.54) is 12.3 Å². The Balaban J connectivity index is 0.000000318. The summed E-state index contributed by atoms with van der Waals surface area (Å²) in [5.41, 5.74) is -0.257. The van der Waals surface area contributed by atoms with Crippen molar-refractivity contribution in [3.05, 3.63) is 42.6 Å². The third-order valence-electron chi connectivity index (χ3n) is 4.49. The number of halogens is 4. The number of hydrogen-bond donors (Lipinski definition) is 1. The van der Waals surface area contributed by atoms with Crippen LogP contribution in [0.5, 0.6) is 5.88 Å². The van der Waals surface area contributed by atoms with Gasteiger partial charge in [-0.15, -0.1) is 0 Å². The maximum atomic E-state index is 13.7. The number of carbonyl (C=O) groups is 1. The zero-order valence-electron chi connectivity index (χ0n) is 15.5. The van der Waals surface area contributed by atoms with Gasteiger partial charge in [0.25, 0.3) is 5.88 Å². The minimum absolute atomic E-state index is 0.0668. The van der Waals surface area contributed by atoms with Crippen LogP contribution in [0.25, 0.3) is 0 Å². The lowest BCUT2D eigenvalue weighted by molar-refractivity contribution is -0.192. The fourth-order valence-electron chi connectivity index (χ4n) is 3.16. The maximum absolute atomic E-state index is 13.7. The average Bonchev–Trinajstić information content (AvgIpc) is 2.68. The Kier molecular flexibility index (Phi) is 6.34. The number of aromatic nitrogens is 3. The second-order valence-corrected chi connectivity index (χ2v) is 6.76. The first-order valence-electron chi connectivity index (χ1n) is 8.92. The van der Waals surface area contributed by atoms with Crippen LogP contribution in [-0.2, 0) is 9.53 Å². The number of alkyl halides is 3. The van der Waals surface area contributed by atoms with Crippen LogP contribution in [0.2, 0.25) is 0 Å². The molecule has 8 nitrogen and oxygen atoms in total. The Labute approximate surface area is 168 Å². The van der Waals surface area contributed by atoms with Gasteiger partial charge in [0.15, 0.2) is 5.82 Å². The highest BCUT2D eigenvalue weighted by atomic mass is 19.4. The molecule has 2 aromatic heterocycles. The van der Waals surface area contributed by atoms with Crippen molar-refractivity contribution >= 4 is 11.9 Å². The normalized spacial score (nSPS) is 20.0. The Hall–Kier alpha value is -3.02. The molecule has 0 bridgehead atoms. The molecule has 0 radical (unpaired) electrons. The van der Waals surface area contributed by atoms with E-state index in [1.807, 2.05) is 0 Å². The lowest BCUT2D eigenvalue weighted by Gasteiger charge is -2.52. The molecular weight excluding hydrogens is 412 g/mol. The van der Waals surface area contributed by atoms with Crippen LogP contribution in [0.15, 0.2) is 36.8 Å². The summed E-state index contributed by atoms with van der Waals surface area (Å²) in [5, 5.41) is 7.12. The van der Waals surface area contributed by atoms with E-state index in [0.717, 1.165) is 19.5 Å². The molecule has 162 valence electrons. The van der Waals surface area contributed by atoms with E-state index < -0.39 is 18.0 Å². The van der Waals surface area contributed by atoms with Crippen molar-refractivity contribution in [1.82, 2.24) is 15.0 Å². The Bertz CT molecular complexity index is 863. The van der Waals surface area contributed by atoms with Crippen LogP contribution in [0.4, 0.5) is 23.5 Å². The minimum atomic E-state index is -5.08. The van der Waals surface area contributed by atoms with Crippen molar-refractivity contribution in [3.63, 3.8) is 0 Å². The molecule has 1 atom stereocenters. The largest absolute Gasteiger partial charge is 0.490 e. The predicted molar refractivity (Wildman–Crippen MR) is 94.5 cm³/mol. The Morgan fingerprint density at radius 2 is 1.83 bits per heavy atom. The SMILES string of the molecule is Fc1cccnc1OC1CCOC2(C1)CN(c1ncccn1)C2.O=C(O)C(F)(F)F. The van der Waals surface area contributed by atoms with Crippen molar-refractivity contribution in [3.8, 4) is 5.88 Å². The van der Waals surface area contributed by atoms with Crippen molar-refractivity contribution in [2.24, 2.45) is 0 Å². The van der Waals surface area contributed by atoms with E-state index in [0.29, 0.717) is 19.0 Å². The lowest BCUT2D eigenvalue weighted by Crippen LogP contribution is -2.66. The third kappa shape index (κ3) is 5.32. The van der Waals surface area contributed by atoms with Crippen LogP contribution in [0.3, 0.4) is 0 Å². The van der Waals surface area contributed by atoms with Crippen LogP contribution in [0.1, 0.15) is 12.8 Å². The molecule has 2 fully saturated rings. The van der Waals surface area contributed by atoms with Crippen LogP contribution < -0.4 is 9.64 Å². The summed E-state index contributed by atoms with van der Waals surface area (Å²) in [6.45, 7) is 2.05. The molecule has 2 aromatic rings. The quantitative estimate of drug-likeness (QED) is 0.742. The Morgan fingerprint density at radius 3 is 2.43 bits per heavy atom. The number of carboxylic acids is 1. The number of nitrogens with zero attached hydrogens (tertiary/aromatic N) is 4. The number of rotatable bonds is 3. The average molecular weight is 430 g/mol. The smallest absolute Gasteiger partial charge is 0.475 e. The molecule has 0 amide bonds. The molecular formula is C18H18F4N4O4. The second-order valence-electron chi connectivity index (χ2n) is 6.76. The molecule has 1 unspecified atom stereocenters. The first-order chi connectivity index (χ1) is 14.2. The molecule has 1 N–H and O–H groups in total. The fraction of sp³-hybridized carbons (Fsp3) is 0.444. The topological polar surface area (TPSA) is 97.7 Å². The van der Waals surface area contributed by atoms with Gasteiger partial charge in [-0.05, 0) is 18.2 Å². The van der Waals surface area contributed by atoms with Crippen molar-refractivity contribution in [2.45, 2.75) is 30.7 Å². The summed E-state index contributed by atoms with van der Waals surface area (Å²) in [4.78, 5) is 23.4. The van der Waals surface area contributed by atoms with E-state index in [2.05, 4.69) is 19.9 Å². The van der Waals surface area contributed by atoms with Crippen molar-refractivity contribution in [1.29, 1.82) is 0 Å². The molecule has 0 aliphatic carbocycles. The lowest BCUT2D eigenvalue weighted by atomic mass is 9.85. The predicted octanol–water partition coefficient (Wildman–Crippen LogP) is 2.46. The first kappa shape index (κ1) is 21.7. The molecule has 4 rings (SSSR count). The zero-order chi connectivity index (χ0) is 21.8. The molecule has 2 saturated heterocycles. The highest BCUT2D eigenvalue weighted by Gasteiger charge is 2.49. The summed E-state index contributed by atoms with van der Waals surface area (Å²) < 4.78 is 57.1. The van der Waals surface area contributed by atoms with E-state index in [-0.39, 0.29) is 17.6 Å². The van der Waals surface area contributed by atoms with Gasteiger partial charge < -0.3 is 19.5 Å². The van der Waals surface area contributed by atoms with E-state index in [9.17, 15) is 17.6 Å². The number of pyridine rings is 1. The molecule has 4 heterocycles. The second kappa shape index (κ2) is 8.78. The molecule has 0 aromatic carbocycles. The van der Waals surface area contributed by atoms with Gasteiger partial charge in [-0.2, -0.15) is 13.2 Å². The number of carboxylic acid groups (broad SMARTS) is 1. The molecule has 2 aliphatic rings. The van der Waals surface area contributed by atoms with Gasteiger partial charge in [0, 0.05) is 31.4 Å². The molecule has 12 heteroatoms. The summed E-state index contributed by atoms with van der Waals surface area (Å²) in [6, 6.07) is 4.70. The Morgan fingerprint density at radius 1 is 1.20 bits per heavy atom. The third-order valence-corrected chi connectivity index (χ3v) is 4.49. The van der Waals surface area contributed by atoms with Crippen molar-refractivity contribution in [2.75, 3.05) is 24.6 Å². The standard InChI is InChI=1S/C16H17FN4O2.C2HF3O2/c17-13-3-1-5-18-14(13)23-12-4-8-22-16(9-12)10-21(11-16)15-19-6-2-7-20-15;3-2(4,5)1(6)7/h1-3,5-7,12H,4,8-11H2;(H,6,7). The van der Waals surface area contributed by atoms with Gasteiger partial charge >= 0.3 is 12.1 Å². The van der Waals surface area contributed by atoms with Gasteiger partial charge in [0.2, 0.25) is 5.95 Å². The number of aliphatic carboxylic acids is 1. The first-order valence-corrected chi connectivity index (χ1v) is 8.92. The van der Waals surface area contributed by atoms with Gasteiger partial charge in [-0.3, -0.25) is 0 Å². The zero-order valence-corrected chi connectivity index (χ0v) is 15.5. The van der Waals surface area contributed by atoms with E-state index in [1.54, 1.807) is 24.5 Å². The van der Waals surface area contributed by atoms with E-state index >= 15 is 0 Å². The fourth-order valence-corrected chi connectivity index (χ4v) is 3.16. The van der Waals surface area contributed by atoms with Gasteiger partial charge in [0.1, 0.15) is 11.7 Å². The number of ether oxygens (including phenoxy) is 2. The van der Waals surface area contributed by atoms with Crippen molar-refractivity contribution < 1.29 is 36.9 Å². The molecule has 30 heavy (non-hydrogen) atoms. The molecule has 0 saturated carbocycles. The van der Waals surface area contributed by atoms with Crippen LogP contribution in [-0.4, -0.2) is 63.6 Å². The van der Waals surface area contributed by atoms with Crippen LogP contribution >= 0.6 is 0 Å². The summed E-state index contributed by atoms with van der Waals surface area (Å²) in [6.07, 6.45) is 1.26. The van der Waals surface area contributed by atoms with Crippen LogP contribution in [0, 0.1) is 5.82 Å². The maximum Gasteiger partial charge on any atom is 0.490 e. The summed E-state index contributed by atoms with van der Waals surface area (Å²) >= 11 is 0. The highest BCUT2D eigenvalue weighted by Crippen LogP contribution is 2.37. The molecule has 1 spiro atoms. The highest BCUT2D eigenvalue weighted by molar-refractivity contribution is 5.73. The number of hydrogen-bond acceptors (Lipinski definition) is 7. The minimum Gasteiger partial charge on any atom is -0.475 e. The summed E-state index contributed by atoms with van der Waals surface area (Å²) in [7, 11) is 0. The van der Waals surface area contributed by atoms with E-state index in [4.69, 9.17) is 19.4 Å². The van der Waals surface area contributed by atoms with Gasteiger partial charge in [0.05, 0.1) is 19.7 Å². The number of anilines is 1. The summed E-state index contributed by atoms with van der Waals surface area (Å²) in [5.74, 6) is -2.41. The molecule has 2 aliphatic heterocycles. The monoisotopic (exact) mass is 430 g/mol. The van der Waals surface area contributed by atoms with Gasteiger partial charge in [-0.25, -0.2) is 24.1 Å².